The SMILES string of the molecule is CCC(C)N(C)C1CCC1CNC1CC1. The van der Waals surface area contributed by atoms with Crippen LogP contribution in [0.3, 0.4) is 0 Å². The molecular formula is C13H26N2. The molecule has 88 valence electrons. The van der Waals surface area contributed by atoms with Crippen LogP contribution in [0.25, 0.3) is 0 Å². The standard InChI is InChI=1S/C13H26N2/c1-4-10(2)15(3)13-8-5-11(13)9-14-12-6-7-12/h10-14H,4-9H2,1-3H3. The van der Waals surface area contributed by atoms with Crippen molar-refractivity contribution in [1.29, 1.82) is 0 Å². The third-order valence-corrected chi connectivity index (χ3v) is 4.43. The van der Waals surface area contributed by atoms with E-state index in [2.05, 4.69) is 31.1 Å². The van der Waals surface area contributed by atoms with E-state index in [1.165, 1.54) is 38.6 Å². The molecule has 2 aliphatic rings. The van der Waals surface area contributed by atoms with Gasteiger partial charge in [0, 0.05) is 18.1 Å². The highest BCUT2D eigenvalue weighted by Crippen LogP contribution is 2.33. The Bertz CT molecular complexity index is 201. The van der Waals surface area contributed by atoms with E-state index in [1.54, 1.807) is 0 Å². The highest BCUT2D eigenvalue weighted by atomic mass is 15.2. The Morgan fingerprint density at radius 1 is 1.27 bits per heavy atom. The van der Waals surface area contributed by atoms with Crippen molar-refractivity contribution >= 4 is 0 Å². The van der Waals surface area contributed by atoms with Gasteiger partial charge in [-0.05, 0) is 58.5 Å². The minimum Gasteiger partial charge on any atom is -0.314 e. The van der Waals surface area contributed by atoms with Gasteiger partial charge in [0.15, 0.2) is 0 Å². The van der Waals surface area contributed by atoms with Crippen molar-refractivity contribution in [2.45, 2.75) is 64.1 Å². The third-order valence-electron chi connectivity index (χ3n) is 4.43. The first-order valence-electron chi connectivity index (χ1n) is 6.67. The fourth-order valence-electron chi connectivity index (χ4n) is 2.55. The van der Waals surface area contributed by atoms with Crippen molar-refractivity contribution in [3.8, 4) is 0 Å². The summed E-state index contributed by atoms with van der Waals surface area (Å²) >= 11 is 0. The lowest BCUT2D eigenvalue weighted by atomic mass is 9.78. The molecule has 0 aliphatic heterocycles. The highest BCUT2D eigenvalue weighted by molar-refractivity contribution is 4.92. The van der Waals surface area contributed by atoms with E-state index in [0.717, 1.165) is 24.0 Å². The van der Waals surface area contributed by atoms with Crippen molar-refractivity contribution in [3.05, 3.63) is 0 Å². The molecule has 0 spiro atoms. The Hall–Kier alpha value is -0.0800. The van der Waals surface area contributed by atoms with Crippen LogP contribution in [0.2, 0.25) is 0 Å². The second kappa shape index (κ2) is 4.84. The van der Waals surface area contributed by atoms with Crippen LogP contribution in [0, 0.1) is 5.92 Å². The second-order valence-electron chi connectivity index (χ2n) is 5.51. The Kier molecular flexibility index (Phi) is 3.68. The Morgan fingerprint density at radius 3 is 2.47 bits per heavy atom. The maximum Gasteiger partial charge on any atom is 0.0135 e. The lowest BCUT2D eigenvalue weighted by molar-refractivity contribution is 0.0538. The topological polar surface area (TPSA) is 15.3 Å². The summed E-state index contributed by atoms with van der Waals surface area (Å²) in [5.41, 5.74) is 0. The second-order valence-corrected chi connectivity index (χ2v) is 5.51. The van der Waals surface area contributed by atoms with Gasteiger partial charge >= 0.3 is 0 Å². The van der Waals surface area contributed by atoms with Crippen molar-refractivity contribution in [1.82, 2.24) is 10.2 Å². The third kappa shape index (κ3) is 2.73. The van der Waals surface area contributed by atoms with Gasteiger partial charge in [-0.1, -0.05) is 6.92 Å². The zero-order valence-corrected chi connectivity index (χ0v) is 10.5. The van der Waals surface area contributed by atoms with E-state index in [9.17, 15) is 0 Å². The van der Waals surface area contributed by atoms with Crippen LogP contribution in [-0.2, 0) is 0 Å². The predicted molar refractivity (Wildman–Crippen MR) is 65.1 cm³/mol. The van der Waals surface area contributed by atoms with Gasteiger partial charge in [-0.2, -0.15) is 0 Å². The number of nitrogens with zero attached hydrogens (tertiary/aromatic N) is 1. The van der Waals surface area contributed by atoms with Gasteiger partial charge in [0.25, 0.3) is 0 Å². The lowest BCUT2D eigenvalue weighted by Crippen LogP contribution is -2.51. The van der Waals surface area contributed by atoms with Gasteiger partial charge < -0.3 is 10.2 Å². The molecule has 2 rings (SSSR count). The molecule has 0 saturated heterocycles. The molecule has 0 aromatic carbocycles. The van der Waals surface area contributed by atoms with Crippen LogP contribution in [0.1, 0.15) is 46.0 Å². The zero-order chi connectivity index (χ0) is 10.8. The van der Waals surface area contributed by atoms with Crippen LogP contribution < -0.4 is 5.32 Å². The predicted octanol–water partition coefficient (Wildman–Crippen LogP) is 2.25. The molecule has 2 nitrogen and oxygen atoms in total. The normalized spacial score (nSPS) is 32.8. The smallest absolute Gasteiger partial charge is 0.0135 e. The van der Waals surface area contributed by atoms with Gasteiger partial charge in [0.05, 0.1) is 0 Å². The average Bonchev–Trinajstić information content (AvgIpc) is 2.99. The maximum atomic E-state index is 3.67. The summed E-state index contributed by atoms with van der Waals surface area (Å²) in [5, 5.41) is 3.67. The fourth-order valence-corrected chi connectivity index (χ4v) is 2.55. The van der Waals surface area contributed by atoms with Gasteiger partial charge in [-0.15, -0.1) is 0 Å². The molecule has 2 aliphatic carbocycles. The average molecular weight is 210 g/mol. The number of hydrogen-bond donors (Lipinski definition) is 1. The van der Waals surface area contributed by atoms with Crippen LogP contribution >= 0.6 is 0 Å². The molecule has 3 unspecified atom stereocenters. The molecule has 0 bridgehead atoms. The van der Waals surface area contributed by atoms with Gasteiger partial charge in [0.2, 0.25) is 0 Å². The molecule has 1 N–H and O–H groups in total. The molecule has 15 heavy (non-hydrogen) atoms. The molecule has 0 heterocycles. The van der Waals surface area contributed by atoms with Gasteiger partial charge in [-0.25, -0.2) is 0 Å². The van der Waals surface area contributed by atoms with Crippen LogP contribution in [0.15, 0.2) is 0 Å². The van der Waals surface area contributed by atoms with Crippen molar-refractivity contribution in [2.75, 3.05) is 13.6 Å². The van der Waals surface area contributed by atoms with Crippen molar-refractivity contribution in [2.24, 2.45) is 5.92 Å². The van der Waals surface area contributed by atoms with E-state index in [-0.39, 0.29) is 0 Å². The summed E-state index contributed by atoms with van der Waals surface area (Å²) in [5.74, 6) is 0.921. The van der Waals surface area contributed by atoms with Crippen LogP contribution in [-0.4, -0.2) is 36.6 Å². The lowest BCUT2D eigenvalue weighted by Gasteiger charge is -2.45. The minimum absolute atomic E-state index is 0.749. The Labute approximate surface area is 94.4 Å². The summed E-state index contributed by atoms with van der Waals surface area (Å²) in [6.45, 7) is 5.90. The molecule has 0 amide bonds. The summed E-state index contributed by atoms with van der Waals surface area (Å²) in [6.07, 6.45) is 6.95. The highest BCUT2D eigenvalue weighted by Gasteiger charge is 2.35. The molecule has 2 fully saturated rings. The number of hydrogen-bond acceptors (Lipinski definition) is 2. The van der Waals surface area contributed by atoms with Crippen molar-refractivity contribution in [3.63, 3.8) is 0 Å². The molecule has 3 atom stereocenters. The van der Waals surface area contributed by atoms with E-state index in [1.807, 2.05) is 0 Å². The van der Waals surface area contributed by atoms with Crippen LogP contribution in [0.5, 0.6) is 0 Å². The molecule has 0 radical (unpaired) electrons. The van der Waals surface area contributed by atoms with Gasteiger partial charge in [-0.3, -0.25) is 0 Å². The molecular weight excluding hydrogens is 184 g/mol. The largest absolute Gasteiger partial charge is 0.314 e. The molecule has 2 saturated carbocycles. The van der Waals surface area contributed by atoms with Crippen LogP contribution in [0.4, 0.5) is 0 Å². The van der Waals surface area contributed by atoms with E-state index >= 15 is 0 Å². The maximum absolute atomic E-state index is 3.67. The Morgan fingerprint density at radius 2 is 2.00 bits per heavy atom. The van der Waals surface area contributed by atoms with Crippen molar-refractivity contribution < 1.29 is 0 Å². The monoisotopic (exact) mass is 210 g/mol. The molecule has 0 aromatic rings. The molecule has 0 aromatic heterocycles. The quantitative estimate of drug-likeness (QED) is 0.723. The van der Waals surface area contributed by atoms with E-state index in [0.29, 0.717) is 0 Å². The number of nitrogens with one attached hydrogen (secondary N) is 1. The summed E-state index contributed by atoms with van der Waals surface area (Å²) in [4.78, 5) is 2.60. The number of rotatable bonds is 6. The van der Waals surface area contributed by atoms with E-state index < -0.39 is 0 Å². The van der Waals surface area contributed by atoms with Gasteiger partial charge in [0.1, 0.15) is 0 Å². The van der Waals surface area contributed by atoms with E-state index in [4.69, 9.17) is 0 Å². The fraction of sp³-hybridized carbons (Fsp3) is 1.00. The zero-order valence-electron chi connectivity index (χ0n) is 10.5. The first kappa shape index (κ1) is 11.4. The molecule has 2 heteroatoms. The Balaban J connectivity index is 1.71. The summed E-state index contributed by atoms with van der Waals surface area (Å²) < 4.78 is 0. The summed E-state index contributed by atoms with van der Waals surface area (Å²) in [6, 6.07) is 2.48. The first-order valence-corrected chi connectivity index (χ1v) is 6.67. The minimum atomic E-state index is 0.749. The first-order chi connectivity index (χ1) is 7.22. The summed E-state index contributed by atoms with van der Waals surface area (Å²) in [7, 11) is 2.31.